The monoisotopic (exact) mass is 402 g/mol. The van der Waals surface area contributed by atoms with Crippen LogP contribution in [0.4, 0.5) is 0 Å². The highest BCUT2D eigenvalue weighted by atomic mass is 32.1. The Morgan fingerprint density at radius 2 is 1.76 bits per heavy atom. The van der Waals surface area contributed by atoms with E-state index in [1.54, 1.807) is 11.3 Å². The molecule has 0 fully saturated rings. The molecule has 0 N–H and O–H groups in total. The molecule has 0 saturated carbocycles. The molecular weight excluding hydrogens is 380 g/mol. The van der Waals surface area contributed by atoms with Crippen LogP contribution in [0, 0.1) is 0 Å². The molecule has 0 aliphatic rings. The van der Waals surface area contributed by atoms with Gasteiger partial charge >= 0.3 is 5.97 Å². The van der Waals surface area contributed by atoms with Crippen molar-refractivity contribution in [1.82, 2.24) is 0 Å². The smallest absolute Gasteiger partial charge is 0.305 e. The average Bonchev–Trinajstić information content (AvgIpc) is 3.21. The van der Waals surface area contributed by atoms with Crippen LogP contribution in [0.5, 0.6) is 5.75 Å². The molecule has 0 bridgehead atoms. The number of aryl methyl sites for hydroxylation is 1. The summed E-state index contributed by atoms with van der Waals surface area (Å²) in [5.41, 5.74) is 4.70. The van der Waals surface area contributed by atoms with Gasteiger partial charge < -0.3 is 9.47 Å². The van der Waals surface area contributed by atoms with E-state index in [1.165, 1.54) is 28.3 Å². The van der Waals surface area contributed by atoms with Gasteiger partial charge in [0.15, 0.2) is 0 Å². The molecule has 0 amide bonds. The predicted molar refractivity (Wildman–Crippen MR) is 118 cm³/mol. The van der Waals surface area contributed by atoms with Crippen molar-refractivity contribution < 1.29 is 14.3 Å². The number of hydrogen-bond donors (Lipinski definition) is 0. The summed E-state index contributed by atoms with van der Waals surface area (Å²) >= 11 is 1.77. The lowest BCUT2D eigenvalue weighted by Gasteiger charge is -2.09. The summed E-state index contributed by atoms with van der Waals surface area (Å²) in [6.07, 6.45) is 1.06. The van der Waals surface area contributed by atoms with E-state index in [0.29, 0.717) is 19.4 Å². The van der Waals surface area contributed by atoms with Gasteiger partial charge in [-0.1, -0.05) is 48.5 Å². The molecule has 1 heterocycles. The van der Waals surface area contributed by atoms with E-state index in [4.69, 9.17) is 4.74 Å². The number of hydrogen-bond acceptors (Lipinski definition) is 4. The third-order valence-electron chi connectivity index (χ3n) is 4.89. The van der Waals surface area contributed by atoms with Crippen molar-refractivity contribution in [2.75, 3.05) is 7.11 Å². The summed E-state index contributed by atoms with van der Waals surface area (Å²) in [4.78, 5) is 11.3. The predicted octanol–water partition coefficient (Wildman–Crippen LogP) is 6.25. The summed E-state index contributed by atoms with van der Waals surface area (Å²) in [6.45, 7) is 0.511. The van der Waals surface area contributed by atoms with Crippen molar-refractivity contribution in [2.45, 2.75) is 19.4 Å². The summed E-state index contributed by atoms with van der Waals surface area (Å²) in [7, 11) is 1.41. The number of ether oxygens (including phenoxy) is 2. The molecule has 0 radical (unpaired) electrons. The van der Waals surface area contributed by atoms with Crippen molar-refractivity contribution in [3.63, 3.8) is 0 Å². The van der Waals surface area contributed by atoms with Crippen LogP contribution >= 0.6 is 11.3 Å². The summed E-state index contributed by atoms with van der Waals surface area (Å²) < 4.78 is 11.9. The number of carbonyl (C=O) groups is 1. The minimum Gasteiger partial charge on any atom is -0.489 e. The Hall–Kier alpha value is -3.11. The minimum atomic E-state index is -0.191. The Kier molecular flexibility index (Phi) is 5.92. The summed E-state index contributed by atoms with van der Waals surface area (Å²) in [6, 6.07) is 24.9. The van der Waals surface area contributed by atoms with Gasteiger partial charge in [-0.25, -0.2) is 0 Å². The number of rotatable bonds is 7. The highest BCUT2D eigenvalue weighted by Crippen LogP contribution is 2.34. The molecule has 3 nitrogen and oxygen atoms in total. The van der Waals surface area contributed by atoms with Crippen LogP contribution in [0.25, 0.3) is 21.2 Å². The van der Waals surface area contributed by atoms with E-state index >= 15 is 0 Å². The largest absolute Gasteiger partial charge is 0.489 e. The lowest BCUT2D eigenvalue weighted by molar-refractivity contribution is -0.140. The van der Waals surface area contributed by atoms with Crippen molar-refractivity contribution in [2.24, 2.45) is 0 Å². The van der Waals surface area contributed by atoms with Crippen molar-refractivity contribution in [3.8, 4) is 16.9 Å². The SMILES string of the molecule is COC(=O)CCc1ccc(OCc2cccc(-c3csc4ccccc34)c2)cc1. The summed E-state index contributed by atoms with van der Waals surface area (Å²) in [5.74, 6) is 0.627. The highest BCUT2D eigenvalue weighted by molar-refractivity contribution is 7.17. The molecule has 0 aliphatic carbocycles. The van der Waals surface area contributed by atoms with Crippen molar-refractivity contribution >= 4 is 27.4 Å². The van der Waals surface area contributed by atoms with Gasteiger partial charge in [0.25, 0.3) is 0 Å². The zero-order valence-electron chi connectivity index (χ0n) is 16.3. The number of esters is 1. The standard InChI is InChI=1S/C25H22O3S/c1-27-25(26)14-11-18-9-12-21(13-10-18)28-16-19-5-4-6-20(15-19)23-17-29-24-8-3-2-7-22(23)24/h2-10,12-13,15,17H,11,14,16H2,1H3. The van der Waals surface area contributed by atoms with Gasteiger partial charge in [-0.05, 0) is 52.8 Å². The first-order valence-corrected chi connectivity index (χ1v) is 10.4. The minimum absolute atomic E-state index is 0.191. The fourth-order valence-electron chi connectivity index (χ4n) is 3.30. The number of benzene rings is 3. The maximum atomic E-state index is 11.3. The fourth-order valence-corrected chi connectivity index (χ4v) is 4.27. The molecule has 0 atom stereocenters. The zero-order chi connectivity index (χ0) is 20.1. The maximum absolute atomic E-state index is 11.3. The number of methoxy groups -OCH3 is 1. The molecule has 4 aromatic rings. The Balaban J connectivity index is 1.42. The topological polar surface area (TPSA) is 35.5 Å². The van der Waals surface area contributed by atoms with Gasteiger partial charge in [-0.2, -0.15) is 0 Å². The van der Waals surface area contributed by atoms with Gasteiger partial charge in [0, 0.05) is 22.1 Å². The number of thiophene rings is 1. The Labute approximate surface area is 174 Å². The van der Waals surface area contributed by atoms with Crippen LogP contribution in [0.1, 0.15) is 17.5 Å². The normalized spacial score (nSPS) is 10.8. The average molecular weight is 403 g/mol. The lowest BCUT2D eigenvalue weighted by Crippen LogP contribution is -2.02. The van der Waals surface area contributed by atoms with E-state index < -0.39 is 0 Å². The van der Waals surface area contributed by atoms with Gasteiger partial charge in [0.1, 0.15) is 12.4 Å². The number of fused-ring (bicyclic) bond motifs is 1. The first-order valence-electron chi connectivity index (χ1n) is 9.57. The lowest BCUT2D eigenvalue weighted by atomic mass is 10.0. The molecule has 0 aliphatic heterocycles. The Bertz CT molecular complexity index is 1110. The van der Waals surface area contributed by atoms with Crippen molar-refractivity contribution in [1.29, 1.82) is 0 Å². The van der Waals surface area contributed by atoms with E-state index in [2.05, 4.69) is 58.6 Å². The highest BCUT2D eigenvalue weighted by Gasteiger charge is 2.07. The molecule has 4 heteroatoms. The Morgan fingerprint density at radius 3 is 2.59 bits per heavy atom. The first-order chi connectivity index (χ1) is 14.2. The third kappa shape index (κ3) is 4.66. The molecule has 1 aromatic heterocycles. The maximum Gasteiger partial charge on any atom is 0.305 e. The van der Waals surface area contributed by atoms with Crippen LogP contribution in [0.2, 0.25) is 0 Å². The molecule has 3 aromatic carbocycles. The second-order valence-corrected chi connectivity index (χ2v) is 7.77. The second-order valence-electron chi connectivity index (χ2n) is 6.85. The van der Waals surface area contributed by atoms with E-state index in [9.17, 15) is 4.79 Å². The van der Waals surface area contributed by atoms with Gasteiger partial charge in [0.2, 0.25) is 0 Å². The fraction of sp³-hybridized carbons (Fsp3) is 0.160. The van der Waals surface area contributed by atoms with Gasteiger partial charge in [-0.15, -0.1) is 11.3 Å². The van der Waals surface area contributed by atoms with E-state index in [-0.39, 0.29) is 5.97 Å². The zero-order valence-corrected chi connectivity index (χ0v) is 17.1. The van der Waals surface area contributed by atoms with Crippen LogP contribution in [0.15, 0.2) is 78.2 Å². The first kappa shape index (κ1) is 19.2. The van der Waals surface area contributed by atoms with Gasteiger partial charge in [-0.3, -0.25) is 4.79 Å². The number of carbonyl (C=O) groups excluding carboxylic acids is 1. The molecule has 0 spiro atoms. The second kappa shape index (κ2) is 8.93. The van der Waals surface area contributed by atoms with Crippen LogP contribution < -0.4 is 4.74 Å². The molecule has 146 valence electrons. The quantitative estimate of drug-likeness (QED) is 0.343. The molecular formula is C25H22O3S. The van der Waals surface area contributed by atoms with Crippen LogP contribution in [-0.2, 0) is 22.6 Å². The van der Waals surface area contributed by atoms with Crippen molar-refractivity contribution in [3.05, 3.63) is 89.3 Å². The third-order valence-corrected chi connectivity index (χ3v) is 5.86. The van der Waals surface area contributed by atoms with E-state index in [1.807, 2.05) is 24.3 Å². The van der Waals surface area contributed by atoms with E-state index in [0.717, 1.165) is 16.9 Å². The molecule has 0 saturated heterocycles. The van der Waals surface area contributed by atoms with Gasteiger partial charge in [0.05, 0.1) is 7.11 Å². The molecule has 29 heavy (non-hydrogen) atoms. The summed E-state index contributed by atoms with van der Waals surface area (Å²) in [5, 5.41) is 3.51. The van der Waals surface area contributed by atoms with Crippen LogP contribution in [0.3, 0.4) is 0 Å². The van der Waals surface area contributed by atoms with Crippen LogP contribution in [-0.4, -0.2) is 13.1 Å². The molecule has 4 rings (SSSR count). The molecule has 0 unspecified atom stereocenters. The Morgan fingerprint density at radius 1 is 0.931 bits per heavy atom.